The molecular formula is C13H16ClNO5S. The largest absolute Gasteiger partial charge is 0.478 e. The number of hydrogen-bond acceptors (Lipinski definition) is 4. The molecule has 0 saturated heterocycles. The van der Waals surface area contributed by atoms with Crippen molar-refractivity contribution in [2.45, 2.75) is 13.8 Å². The maximum Gasteiger partial charge on any atom is 0.337 e. The van der Waals surface area contributed by atoms with Crippen LogP contribution < -0.4 is 5.32 Å². The predicted molar refractivity (Wildman–Crippen MR) is 80.5 cm³/mol. The molecule has 1 amide bonds. The van der Waals surface area contributed by atoms with Crippen LogP contribution in [0.1, 0.15) is 24.2 Å². The molecule has 0 aliphatic heterocycles. The van der Waals surface area contributed by atoms with Crippen molar-refractivity contribution in [3.63, 3.8) is 0 Å². The summed E-state index contributed by atoms with van der Waals surface area (Å²) in [5.74, 6) is -2.62. The number of sulfone groups is 1. The maximum absolute atomic E-state index is 11.7. The highest BCUT2D eigenvalue weighted by molar-refractivity contribution is 7.92. The molecule has 0 radical (unpaired) electrons. The van der Waals surface area contributed by atoms with Gasteiger partial charge in [0, 0.05) is 5.69 Å². The highest BCUT2D eigenvalue weighted by Crippen LogP contribution is 2.21. The Morgan fingerprint density at radius 3 is 2.43 bits per heavy atom. The van der Waals surface area contributed by atoms with Crippen molar-refractivity contribution < 1.29 is 23.1 Å². The molecule has 0 aliphatic rings. The summed E-state index contributed by atoms with van der Waals surface area (Å²) in [6.07, 6.45) is 0. The zero-order chi connectivity index (χ0) is 16.2. The predicted octanol–water partition coefficient (Wildman–Crippen LogP) is 2.05. The molecule has 2 N–H and O–H groups in total. The second-order valence-corrected chi connectivity index (χ2v) is 7.51. The first kappa shape index (κ1) is 17.5. The second-order valence-electron chi connectivity index (χ2n) is 5.00. The van der Waals surface area contributed by atoms with Gasteiger partial charge in [0.2, 0.25) is 5.91 Å². The number of hydrogen-bond donors (Lipinski definition) is 2. The second kappa shape index (κ2) is 6.91. The minimum Gasteiger partial charge on any atom is -0.478 e. The Balaban J connectivity index is 2.76. The lowest BCUT2D eigenvalue weighted by Crippen LogP contribution is -2.26. The van der Waals surface area contributed by atoms with Gasteiger partial charge < -0.3 is 10.4 Å². The standard InChI is InChI=1S/C13H16ClNO5S/c1-8(2)6-21(19,20)7-12(16)15-9-3-4-10(13(17)18)11(14)5-9/h3-5,8H,6-7H2,1-2H3,(H,15,16)(H,17,18). The van der Waals surface area contributed by atoms with Crippen LogP contribution in [-0.4, -0.2) is 36.9 Å². The number of aromatic carboxylic acids is 1. The number of amides is 1. The van der Waals surface area contributed by atoms with Crippen LogP contribution in [0, 0.1) is 5.92 Å². The van der Waals surface area contributed by atoms with Crippen molar-refractivity contribution in [1.29, 1.82) is 0 Å². The van der Waals surface area contributed by atoms with E-state index in [4.69, 9.17) is 16.7 Å². The summed E-state index contributed by atoms with van der Waals surface area (Å²) in [7, 11) is -3.47. The Morgan fingerprint density at radius 1 is 1.33 bits per heavy atom. The van der Waals surface area contributed by atoms with Crippen molar-refractivity contribution in [3.05, 3.63) is 28.8 Å². The maximum atomic E-state index is 11.7. The molecule has 8 heteroatoms. The van der Waals surface area contributed by atoms with Crippen LogP contribution in [0.4, 0.5) is 5.69 Å². The number of carboxylic acids is 1. The first-order chi connectivity index (χ1) is 9.60. The van der Waals surface area contributed by atoms with Crippen LogP contribution in [0.25, 0.3) is 0 Å². The van der Waals surface area contributed by atoms with Gasteiger partial charge in [0.25, 0.3) is 0 Å². The third-order valence-electron chi connectivity index (χ3n) is 2.42. The molecule has 0 atom stereocenters. The van der Waals surface area contributed by atoms with E-state index in [2.05, 4.69) is 5.32 Å². The van der Waals surface area contributed by atoms with Gasteiger partial charge >= 0.3 is 5.97 Å². The highest BCUT2D eigenvalue weighted by atomic mass is 35.5. The molecule has 0 heterocycles. The summed E-state index contributed by atoms with van der Waals surface area (Å²) >= 11 is 5.76. The van der Waals surface area contributed by atoms with Crippen LogP contribution >= 0.6 is 11.6 Å². The van der Waals surface area contributed by atoms with E-state index in [1.54, 1.807) is 13.8 Å². The van der Waals surface area contributed by atoms with E-state index < -0.39 is 27.5 Å². The minimum atomic E-state index is -3.47. The first-order valence-electron chi connectivity index (χ1n) is 6.14. The highest BCUT2D eigenvalue weighted by Gasteiger charge is 2.18. The van der Waals surface area contributed by atoms with Crippen LogP contribution in [0.2, 0.25) is 5.02 Å². The number of rotatable bonds is 6. The number of halogens is 1. The van der Waals surface area contributed by atoms with Gasteiger partial charge in [0.05, 0.1) is 16.3 Å². The quantitative estimate of drug-likeness (QED) is 0.829. The minimum absolute atomic E-state index is 0.0367. The van der Waals surface area contributed by atoms with Gasteiger partial charge in [-0.2, -0.15) is 0 Å². The lowest BCUT2D eigenvalue weighted by molar-refractivity contribution is -0.113. The smallest absolute Gasteiger partial charge is 0.337 e. The number of anilines is 1. The molecule has 1 aromatic carbocycles. The van der Waals surface area contributed by atoms with Crippen LogP contribution in [0.3, 0.4) is 0 Å². The normalized spacial score (nSPS) is 11.4. The van der Waals surface area contributed by atoms with Gasteiger partial charge in [-0.3, -0.25) is 4.79 Å². The lowest BCUT2D eigenvalue weighted by Gasteiger charge is -2.09. The van der Waals surface area contributed by atoms with Gasteiger partial charge in [-0.1, -0.05) is 25.4 Å². The molecule has 21 heavy (non-hydrogen) atoms. The van der Waals surface area contributed by atoms with Gasteiger partial charge in [-0.05, 0) is 24.1 Å². The Bertz CT molecular complexity index is 655. The summed E-state index contributed by atoms with van der Waals surface area (Å²) in [4.78, 5) is 22.5. The summed E-state index contributed by atoms with van der Waals surface area (Å²) in [6, 6.07) is 3.85. The van der Waals surface area contributed by atoms with E-state index >= 15 is 0 Å². The van der Waals surface area contributed by atoms with E-state index in [0.717, 1.165) is 0 Å². The third-order valence-corrected chi connectivity index (χ3v) is 4.61. The van der Waals surface area contributed by atoms with E-state index in [-0.39, 0.29) is 27.9 Å². The van der Waals surface area contributed by atoms with E-state index in [0.29, 0.717) is 0 Å². The number of carboxylic acid groups (broad SMARTS) is 1. The fourth-order valence-electron chi connectivity index (χ4n) is 1.73. The Hall–Kier alpha value is -1.60. The monoisotopic (exact) mass is 333 g/mol. The van der Waals surface area contributed by atoms with Crippen molar-refractivity contribution in [3.8, 4) is 0 Å². The number of nitrogens with one attached hydrogen (secondary N) is 1. The molecule has 116 valence electrons. The average molecular weight is 334 g/mol. The third kappa shape index (κ3) is 5.73. The molecule has 0 saturated carbocycles. The van der Waals surface area contributed by atoms with Crippen LogP contribution in [-0.2, 0) is 14.6 Å². The molecular weight excluding hydrogens is 318 g/mol. The van der Waals surface area contributed by atoms with Gasteiger partial charge in [-0.15, -0.1) is 0 Å². The molecule has 1 aromatic rings. The van der Waals surface area contributed by atoms with E-state index in [9.17, 15) is 18.0 Å². The number of carbonyl (C=O) groups excluding carboxylic acids is 1. The first-order valence-corrected chi connectivity index (χ1v) is 8.34. The van der Waals surface area contributed by atoms with Crippen molar-refractivity contribution in [2.24, 2.45) is 5.92 Å². The fraction of sp³-hybridized carbons (Fsp3) is 0.385. The SMILES string of the molecule is CC(C)CS(=O)(=O)CC(=O)Nc1ccc(C(=O)O)c(Cl)c1. The fourth-order valence-corrected chi connectivity index (χ4v) is 3.60. The molecule has 0 aromatic heterocycles. The topological polar surface area (TPSA) is 101 Å². The van der Waals surface area contributed by atoms with Gasteiger partial charge in [0.1, 0.15) is 5.75 Å². The zero-order valence-corrected chi connectivity index (χ0v) is 13.2. The molecule has 1 rings (SSSR count). The summed E-state index contributed by atoms with van der Waals surface area (Å²) in [5.41, 5.74) is 0.150. The van der Waals surface area contributed by atoms with Crippen LogP contribution in [0.15, 0.2) is 18.2 Å². The van der Waals surface area contributed by atoms with Gasteiger partial charge in [0.15, 0.2) is 9.84 Å². The van der Waals surface area contributed by atoms with E-state index in [1.807, 2.05) is 0 Å². The lowest BCUT2D eigenvalue weighted by atomic mass is 10.2. The van der Waals surface area contributed by atoms with Crippen molar-refractivity contribution >= 4 is 39.0 Å². The summed E-state index contributed by atoms with van der Waals surface area (Å²) in [5, 5.41) is 11.2. The molecule has 6 nitrogen and oxygen atoms in total. The van der Waals surface area contributed by atoms with E-state index in [1.165, 1.54) is 18.2 Å². The molecule has 0 aliphatic carbocycles. The Morgan fingerprint density at radius 2 is 1.95 bits per heavy atom. The molecule has 0 spiro atoms. The summed E-state index contributed by atoms with van der Waals surface area (Å²) < 4.78 is 23.4. The number of carbonyl (C=O) groups is 2. The van der Waals surface area contributed by atoms with Gasteiger partial charge in [-0.25, -0.2) is 13.2 Å². The molecule has 0 fully saturated rings. The van der Waals surface area contributed by atoms with Crippen molar-refractivity contribution in [1.82, 2.24) is 0 Å². The molecule has 0 unspecified atom stereocenters. The Labute approximate surface area is 128 Å². The zero-order valence-electron chi connectivity index (χ0n) is 11.6. The number of benzene rings is 1. The average Bonchev–Trinajstić information content (AvgIpc) is 2.24. The Kier molecular flexibility index (Phi) is 5.74. The summed E-state index contributed by atoms with van der Waals surface area (Å²) in [6.45, 7) is 3.50. The van der Waals surface area contributed by atoms with Crippen molar-refractivity contribution in [2.75, 3.05) is 16.8 Å². The molecule has 0 bridgehead atoms. The van der Waals surface area contributed by atoms with Crippen LogP contribution in [0.5, 0.6) is 0 Å².